The average Bonchev–Trinajstić information content (AvgIpc) is 3.21. The molecule has 1 N–H and O–H groups in total. The molecule has 0 radical (unpaired) electrons. The van der Waals surface area contributed by atoms with Gasteiger partial charge in [0, 0.05) is 35.2 Å². The molecule has 2 aliphatic heterocycles. The van der Waals surface area contributed by atoms with Gasteiger partial charge in [0.05, 0.1) is 29.8 Å². The quantitative estimate of drug-likeness (QED) is 0.273. The van der Waals surface area contributed by atoms with Crippen molar-refractivity contribution in [2.24, 2.45) is 17.8 Å². The number of nitrogens with one attached hydrogen (secondary N) is 1. The monoisotopic (exact) mass is 738 g/mol. The number of halogens is 3. The molecule has 1 spiro atoms. The van der Waals surface area contributed by atoms with Gasteiger partial charge in [-0.1, -0.05) is 36.7 Å². The van der Waals surface area contributed by atoms with Crippen LogP contribution in [0.25, 0.3) is 0 Å². The van der Waals surface area contributed by atoms with Crippen LogP contribution in [0.15, 0.2) is 66.7 Å². The van der Waals surface area contributed by atoms with Crippen LogP contribution in [0.5, 0.6) is 5.75 Å². The number of allylic oxidation sites excluding steroid dienone is 1. The molecule has 11 heteroatoms. The number of nitrogens with zero attached hydrogens (tertiary/aromatic N) is 1. The zero-order chi connectivity index (χ0) is 36.1. The van der Waals surface area contributed by atoms with E-state index in [9.17, 15) is 22.0 Å². The number of anilines is 1. The minimum Gasteiger partial charge on any atom is -0.490 e. The van der Waals surface area contributed by atoms with Gasteiger partial charge in [0.15, 0.2) is 0 Å². The van der Waals surface area contributed by atoms with Crippen LogP contribution < -0.4 is 14.4 Å². The number of hydrogen-bond acceptors (Lipinski definition) is 6. The van der Waals surface area contributed by atoms with E-state index in [2.05, 4.69) is 21.8 Å². The fourth-order valence-electron chi connectivity index (χ4n) is 8.59. The molecule has 1 saturated carbocycles. The summed E-state index contributed by atoms with van der Waals surface area (Å²) in [6.07, 6.45) is 9.03. The smallest absolute Gasteiger partial charge is 0.264 e. The van der Waals surface area contributed by atoms with Crippen molar-refractivity contribution in [3.8, 4) is 5.75 Å². The molecule has 272 valence electrons. The van der Waals surface area contributed by atoms with Crippen LogP contribution in [0.4, 0.5) is 14.5 Å². The summed E-state index contributed by atoms with van der Waals surface area (Å²) in [7, 11) is -4.02. The van der Waals surface area contributed by atoms with E-state index in [1.54, 1.807) is 25.1 Å². The van der Waals surface area contributed by atoms with Gasteiger partial charge in [-0.25, -0.2) is 21.9 Å². The maximum absolute atomic E-state index is 14.1. The number of rotatable bonds is 3. The highest BCUT2D eigenvalue weighted by molar-refractivity contribution is 7.90. The number of benzene rings is 3. The largest absolute Gasteiger partial charge is 0.490 e. The fourth-order valence-corrected chi connectivity index (χ4v) is 10.1. The first-order valence-electron chi connectivity index (χ1n) is 17.9. The Morgan fingerprint density at radius 1 is 1.06 bits per heavy atom. The third-order valence-corrected chi connectivity index (χ3v) is 14.0. The van der Waals surface area contributed by atoms with Crippen molar-refractivity contribution in [2.45, 2.75) is 82.2 Å². The van der Waals surface area contributed by atoms with E-state index in [-0.39, 0.29) is 35.3 Å². The van der Waals surface area contributed by atoms with Gasteiger partial charge >= 0.3 is 0 Å². The molecule has 0 unspecified atom stereocenters. The Hall–Kier alpha value is -3.47. The predicted molar refractivity (Wildman–Crippen MR) is 195 cm³/mol. The zero-order valence-electron chi connectivity index (χ0n) is 29.3. The van der Waals surface area contributed by atoms with Crippen molar-refractivity contribution in [2.75, 3.05) is 24.6 Å². The molecule has 7 nitrogen and oxygen atoms in total. The fraction of sp³-hybridized carbons (Fsp3) is 0.475. The van der Waals surface area contributed by atoms with E-state index < -0.39 is 38.4 Å². The van der Waals surface area contributed by atoms with Crippen LogP contribution in [0.1, 0.15) is 79.9 Å². The minimum absolute atomic E-state index is 0.0112. The van der Waals surface area contributed by atoms with Gasteiger partial charge < -0.3 is 14.4 Å². The molecule has 2 bridgehead atoms. The second-order valence-electron chi connectivity index (χ2n) is 15.3. The molecule has 3 aromatic rings. The summed E-state index contributed by atoms with van der Waals surface area (Å²) in [5, 5.41) is -0.160. The lowest BCUT2D eigenvalue weighted by molar-refractivity contribution is -0.0948. The van der Waals surface area contributed by atoms with E-state index in [0.29, 0.717) is 42.5 Å². The van der Waals surface area contributed by atoms with Crippen molar-refractivity contribution < 1.29 is 31.5 Å². The molecule has 51 heavy (non-hydrogen) atoms. The first-order valence-corrected chi connectivity index (χ1v) is 19.8. The summed E-state index contributed by atoms with van der Waals surface area (Å²) in [4.78, 5) is 15.9. The Bertz CT molecular complexity index is 1950. The first kappa shape index (κ1) is 35.9. The number of fused-ring (bicyclic) bond motifs is 4. The van der Waals surface area contributed by atoms with Gasteiger partial charge in [-0.15, -0.1) is 0 Å². The topological polar surface area (TPSA) is 84.9 Å². The summed E-state index contributed by atoms with van der Waals surface area (Å²) < 4.78 is 70.8. The Morgan fingerprint density at radius 2 is 1.84 bits per heavy atom. The minimum atomic E-state index is -4.02. The van der Waals surface area contributed by atoms with E-state index >= 15 is 0 Å². The molecule has 1 fully saturated rings. The van der Waals surface area contributed by atoms with Gasteiger partial charge in [-0.3, -0.25) is 4.79 Å². The lowest BCUT2D eigenvalue weighted by atomic mass is 9.64. The molecule has 1 amide bonds. The molecule has 0 aromatic heterocycles. The lowest BCUT2D eigenvalue weighted by Gasteiger charge is -2.50. The van der Waals surface area contributed by atoms with Crippen LogP contribution in [0.3, 0.4) is 0 Å². The third kappa shape index (κ3) is 7.16. The summed E-state index contributed by atoms with van der Waals surface area (Å²) in [6, 6.07) is 14.7. The van der Waals surface area contributed by atoms with Crippen molar-refractivity contribution in [3.05, 3.63) is 106 Å². The number of aryl methyl sites for hydroxylation is 1. The molecule has 3 aromatic carbocycles. The van der Waals surface area contributed by atoms with E-state index in [0.717, 1.165) is 43.9 Å². The summed E-state index contributed by atoms with van der Waals surface area (Å²) in [5.74, 6) is -1.44. The molecule has 0 saturated heterocycles. The zero-order valence-corrected chi connectivity index (χ0v) is 30.8. The summed E-state index contributed by atoms with van der Waals surface area (Å²) in [6.45, 7) is 7.20. The molecular weight excluding hydrogens is 694 g/mol. The van der Waals surface area contributed by atoms with Crippen molar-refractivity contribution in [1.29, 1.82) is 0 Å². The maximum atomic E-state index is 14.1. The van der Waals surface area contributed by atoms with E-state index in [4.69, 9.17) is 21.1 Å². The van der Waals surface area contributed by atoms with Crippen LogP contribution in [0, 0.1) is 29.4 Å². The van der Waals surface area contributed by atoms with Crippen molar-refractivity contribution >= 4 is 33.2 Å². The lowest BCUT2D eigenvalue weighted by Crippen LogP contribution is -2.52. The standard InChI is InChI=1S/C40H45ClF2N2O5S/c1-25-6-4-14-39(3,50-22-27-16-32(42)20-33(43)17-27)34-11-8-30(34)21-45-23-40(15-5-7-28-18-31(41)10-12-35(28)40)24-49-37-13-9-29(19-36(37)45)38(46)44-51(47,48)26(25)2/h4,9-10,12-14,16-20,25-26,30,34H,5-8,11,15,21-24H2,1-3H3,(H,44,46)/b14-4-/t25-,26+,30-,34+,39-,40-/m0/s1. The van der Waals surface area contributed by atoms with Gasteiger partial charge in [-0.05, 0) is 129 Å². The molecule has 2 heterocycles. The van der Waals surface area contributed by atoms with Crippen LogP contribution in [-0.4, -0.2) is 44.9 Å². The Balaban J connectivity index is 1.30. The molecular formula is C40H45ClF2N2O5S. The van der Waals surface area contributed by atoms with Gasteiger partial charge in [-0.2, -0.15) is 0 Å². The number of carbonyl (C=O) groups excluding carboxylic acids is 1. The van der Waals surface area contributed by atoms with Gasteiger partial charge in [0.25, 0.3) is 5.91 Å². The Labute approximate surface area is 304 Å². The molecule has 7 rings (SSSR count). The summed E-state index contributed by atoms with van der Waals surface area (Å²) >= 11 is 6.45. The third-order valence-electron chi connectivity index (χ3n) is 11.9. The number of amides is 1. The SMILES string of the molecule is C[C@@H]1[C@@H](C)C/C=C\[C@](C)(OCc2cc(F)cc(F)c2)[C@@H]2CC[C@H]2CN2C[C@@]3(CCCc4cc(Cl)ccc43)COc3ccc(cc32)C(=O)NS1(=O)=O. The molecule has 2 aliphatic carbocycles. The Morgan fingerprint density at radius 3 is 2.59 bits per heavy atom. The number of hydrogen-bond donors (Lipinski definition) is 1. The van der Waals surface area contributed by atoms with E-state index in [1.165, 1.54) is 23.3 Å². The molecule has 4 aliphatic rings. The number of sulfonamides is 1. The molecule has 6 atom stereocenters. The maximum Gasteiger partial charge on any atom is 0.264 e. The highest BCUT2D eigenvalue weighted by atomic mass is 35.5. The highest BCUT2D eigenvalue weighted by Crippen LogP contribution is 2.49. The van der Waals surface area contributed by atoms with E-state index in [1.807, 2.05) is 32.1 Å². The van der Waals surface area contributed by atoms with Crippen LogP contribution >= 0.6 is 11.6 Å². The summed E-state index contributed by atoms with van der Waals surface area (Å²) in [5.41, 5.74) is 2.67. The number of ether oxygens (including phenoxy) is 2. The van der Waals surface area contributed by atoms with Crippen molar-refractivity contribution in [3.63, 3.8) is 0 Å². The second-order valence-corrected chi connectivity index (χ2v) is 17.8. The number of carbonyl (C=O) groups is 1. The van der Waals surface area contributed by atoms with Gasteiger partial charge in [0.2, 0.25) is 10.0 Å². The second kappa shape index (κ2) is 13.8. The predicted octanol–water partition coefficient (Wildman–Crippen LogP) is 8.14. The van der Waals surface area contributed by atoms with Crippen LogP contribution in [-0.2, 0) is 33.2 Å². The normalized spacial score (nSPS) is 30.9. The average molecular weight is 739 g/mol. The van der Waals surface area contributed by atoms with Crippen molar-refractivity contribution in [1.82, 2.24) is 4.72 Å². The Kier molecular flexibility index (Phi) is 9.73. The van der Waals surface area contributed by atoms with Crippen LogP contribution in [0.2, 0.25) is 5.02 Å². The van der Waals surface area contributed by atoms with Gasteiger partial charge in [0.1, 0.15) is 17.4 Å². The first-order chi connectivity index (χ1) is 24.2. The highest BCUT2D eigenvalue weighted by Gasteiger charge is 2.47.